The van der Waals surface area contributed by atoms with Crippen molar-refractivity contribution in [3.63, 3.8) is 0 Å². The Morgan fingerprint density at radius 3 is 2.14 bits per heavy atom. The maximum atomic E-state index is 12.5. The van der Waals surface area contributed by atoms with Gasteiger partial charge in [-0.15, -0.1) is 11.8 Å². The number of rotatable bonds is 9. The minimum Gasteiger partial charge on any atom is -0.497 e. The van der Waals surface area contributed by atoms with Crippen LogP contribution in [0.1, 0.15) is 20.8 Å². The first-order valence-corrected chi connectivity index (χ1v) is 11.4. The lowest BCUT2D eigenvalue weighted by Crippen LogP contribution is -2.30. The summed E-state index contributed by atoms with van der Waals surface area (Å²) in [6, 6.07) is 13.8. The highest BCUT2D eigenvalue weighted by Gasteiger charge is 2.21. The molecule has 0 aliphatic rings. The summed E-state index contributed by atoms with van der Waals surface area (Å²) >= 11 is 1.44. The number of sulfonamides is 1. The standard InChI is InChI=1S/C20H26N2O4S2/c1-5-22(6-2)28(24,25)19-13-7-16(8-14-19)21-20(23)15(3)27-18-11-9-17(26-4)10-12-18/h7-15H,5-6H2,1-4H3,(H,21,23)/t15-/m1/s1. The van der Waals surface area contributed by atoms with E-state index in [9.17, 15) is 13.2 Å². The molecule has 0 heterocycles. The zero-order valence-electron chi connectivity index (χ0n) is 16.5. The molecule has 0 spiro atoms. The fourth-order valence-corrected chi connectivity index (χ4v) is 4.90. The third-order valence-corrected chi connectivity index (χ3v) is 7.38. The van der Waals surface area contributed by atoms with E-state index >= 15 is 0 Å². The van der Waals surface area contributed by atoms with Crippen LogP contribution < -0.4 is 10.1 Å². The summed E-state index contributed by atoms with van der Waals surface area (Å²) in [7, 11) is -1.90. The number of carbonyl (C=O) groups is 1. The fourth-order valence-electron chi connectivity index (χ4n) is 2.58. The largest absolute Gasteiger partial charge is 0.497 e. The van der Waals surface area contributed by atoms with E-state index in [-0.39, 0.29) is 16.1 Å². The first kappa shape index (κ1) is 22.3. The molecule has 1 atom stereocenters. The first-order valence-electron chi connectivity index (χ1n) is 9.03. The molecule has 8 heteroatoms. The Labute approximate surface area is 171 Å². The predicted molar refractivity (Wildman–Crippen MR) is 113 cm³/mol. The molecule has 0 saturated heterocycles. The van der Waals surface area contributed by atoms with E-state index in [0.717, 1.165) is 10.6 Å². The maximum absolute atomic E-state index is 12.5. The van der Waals surface area contributed by atoms with Crippen molar-refractivity contribution < 1.29 is 17.9 Å². The Morgan fingerprint density at radius 1 is 1.07 bits per heavy atom. The van der Waals surface area contributed by atoms with Gasteiger partial charge in [-0.1, -0.05) is 13.8 Å². The summed E-state index contributed by atoms with van der Waals surface area (Å²) in [6.07, 6.45) is 0. The molecule has 0 bridgehead atoms. The second-order valence-corrected chi connectivity index (χ2v) is 9.39. The van der Waals surface area contributed by atoms with E-state index in [4.69, 9.17) is 4.74 Å². The van der Waals surface area contributed by atoms with Crippen LogP contribution in [0.15, 0.2) is 58.3 Å². The molecule has 2 rings (SSSR count). The lowest BCUT2D eigenvalue weighted by atomic mass is 10.3. The van der Waals surface area contributed by atoms with Crippen LogP contribution >= 0.6 is 11.8 Å². The molecule has 2 aromatic rings. The summed E-state index contributed by atoms with van der Waals surface area (Å²) in [4.78, 5) is 13.6. The van der Waals surface area contributed by atoms with Gasteiger partial charge in [-0.05, 0) is 55.5 Å². The number of hydrogen-bond donors (Lipinski definition) is 1. The van der Waals surface area contributed by atoms with Crippen molar-refractivity contribution in [2.75, 3.05) is 25.5 Å². The van der Waals surface area contributed by atoms with E-state index in [1.165, 1.54) is 28.2 Å². The Morgan fingerprint density at radius 2 is 1.64 bits per heavy atom. The molecular formula is C20H26N2O4S2. The van der Waals surface area contributed by atoms with Gasteiger partial charge in [-0.2, -0.15) is 4.31 Å². The molecule has 0 radical (unpaired) electrons. The zero-order chi connectivity index (χ0) is 20.7. The third kappa shape index (κ3) is 5.50. The highest BCUT2D eigenvalue weighted by molar-refractivity contribution is 8.00. The van der Waals surface area contributed by atoms with Crippen LogP contribution in [0.5, 0.6) is 5.75 Å². The van der Waals surface area contributed by atoms with Gasteiger partial charge in [0.05, 0.1) is 17.3 Å². The van der Waals surface area contributed by atoms with Gasteiger partial charge >= 0.3 is 0 Å². The number of benzene rings is 2. The van der Waals surface area contributed by atoms with Gasteiger partial charge in [0.25, 0.3) is 0 Å². The number of thioether (sulfide) groups is 1. The van der Waals surface area contributed by atoms with Crippen molar-refractivity contribution in [3.05, 3.63) is 48.5 Å². The molecule has 1 amide bonds. The number of nitrogens with one attached hydrogen (secondary N) is 1. The van der Waals surface area contributed by atoms with Crippen LogP contribution in [0, 0.1) is 0 Å². The van der Waals surface area contributed by atoms with E-state index in [1.807, 2.05) is 31.2 Å². The van der Waals surface area contributed by atoms with Gasteiger partial charge in [0, 0.05) is 23.7 Å². The van der Waals surface area contributed by atoms with E-state index in [2.05, 4.69) is 5.32 Å². The predicted octanol–water partition coefficient (Wildman–Crippen LogP) is 3.85. The summed E-state index contributed by atoms with van der Waals surface area (Å²) in [6.45, 7) is 6.26. The second-order valence-electron chi connectivity index (χ2n) is 6.04. The van der Waals surface area contributed by atoms with Crippen LogP contribution in [0.3, 0.4) is 0 Å². The SMILES string of the molecule is CCN(CC)S(=O)(=O)c1ccc(NC(=O)[C@@H](C)Sc2ccc(OC)cc2)cc1. The number of ether oxygens (including phenoxy) is 1. The fraction of sp³-hybridized carbons (Fsp3) is 0.350. The number of anilines is 1. The van der Waals surface area contributed by atoms with Crippen molar-refractivity contribution in [2.24, 2.45) is 0 Å². The average molecular weight is 423 g/mol. The second kappa shape index (κ2) is 9.95. The molecule has 2 aromatic carbocycles. The van der Waals surface area contributed by atoms with E-state index < -0.39 is 10.0 Å². The Kier molecular flexibility index (Phi) is 7.91. The lowest BCUT2D eigenvalue weighted by Gasteiger charge is -2.18. The van der Waals surface area contributed by atoms with Crippen LogP contribution in [-0.4, -0.2) is 44.1 Å². The van der Waals surface area contributed by atoms with E-state index in [0.29, 0.717) is 18.8 Å². The number of nitrogens with zero attached hydrogens (tertiary/aromatic N) is 1. The summed E-state index contributed by atoms with van der Waals surface area (Å²) in [5, 5.41) is 2.51. The summed E-state index contributed by atoms with van der Waals surface area (Å²) in [5.41, 5.74) is 0.561. The molecule has 152 valence electrons. The smallest absolute Gasteiger partial charge is 0.243 e. The van der Waals surface area contributed by atoms with Crippen molar-refractivity contribution in [1.29, 1.82) is 0 Å². The molecule has 0 aliphatic heterocycles. The molecule has 0 unspecified atom stereocenters. The maximum Gasteiger partial charge on any atom is 0.243 e. The van der Waals surface area contributed by atoms with Crippen molar-refractivity contribution in [2.45, 2.75) is 35.8 Å². The van der Waals surface area contributed by atoms with Crippen LogP contribution in [0.4, 0.5) is 5.69 Å². The highest BCUT2D eigenvalue weighted by atomic mass is 32.2. The van der Waals surface area contributed by atoms with Crippen LogP contribution in [-0.2, 0) is 14.8 Å². The molecule has 0 fully saturated rings. The summed E-state index contributed by atoms with van der Waals surface area (Å²) < 4.78 is 31.5. The third-order valence-electron chi connectivity index (χ3n) is 4.21. The molecule has 1 N–H and O–H groups in total. The van der Waals surface area contributed by atoms with Gasteiger partial charge < -0.3 is 10.1 Å². The first-order chi connectivity index (χ1) is 13.3. The Balaban J connectivity index is 2.01. The van der Waals surface area contributed by atoms with Gasteiger partial charge in [0.1, 0.15) is 5.75 Å². The van der Waals surface area contributed by atoms with Crippen LogP contribution in [0.25, 0.3) is 0 Å². The summed E-state index contributed by atoms with van der Waals surface area (Å²) in [5.74, 6) is 0.612. The normalized spacial score (nSPS) is 12.6. The van der Waals surface area contributed by atoms with Crippen molar-refractivity contribution in [1.82, 2.24) is 4.31 Å². The van der Waals surface area contributed by atoms with Crippen molar-refractivity contribution in [3.8, 4) is 5.75 Å². The molecular weight excluding hydrogens is 396 g/mol. The molecule has 6 nitrogen and oxygen atoms in total. The quantitative estimate of drug-likeness (QED) is 0.621. The van der Waals surface area contributed by atoms with Gasteiger partial charge in [-0.3, -0.25) is 4.79 Å². The topological polar surface area (TPSA) is 75.7 Å². The molecule has 0 aliphatic carbocycles. The number of amides is 1. The minimum absolute atomic E-state index is 0.153. The van der Waals surface area contributed by atoms with Gasteiger partial charge in [-0.25, -0.2) is 8.42 Å². The highest BCUT2D eigenvalue weighted by Crippen LogP contribution is 2.26. The van der Waals surface area contributed by atoms with Gasteiger partial charge in [0.2, 0.25) is 15.9 Å². The van der Waals surface area contributed by atoms with Crippen molar-refractivity contribution >= 4 is 33.4 Å². The van der Waals surface area contributed by atoms with Crippen LogP contribution in [0.2, 0.25) is 0 Å². The zero-order valence-corrected chi connectivity index (χ0v) is 18.1. The Hall–Kier alpha value is -2.03. The average Bonchev–Trinajstić information content (AvgIpc) is 2.69. The van der Waals surface area contributed by atoms with E-state index in [1.54, 1.807) is 33.1 Å². The Bertz CT molecular complexity index is 877. The molecule has 28 heavy (non-hydrogen) atoms. The monoisotopic (exact) mass is 422 g/mol. The number of hydrogen-bond acceptors (Lipinski definition) is 5. The van der Waals surface area contributed by atoms with Gasteiger partial charge in [0.15, 0.2) is 0 Å². The molecule has 0 saturated carbocycles. The number of carbonyl (C=O) groups excluding carboxylic acids is 1. The lowest BCUT2D eigenvalue weighted by molar-refractivity contribution is -0.115. The minimum atomic E-state index is -3.50. The number of methoxy groups -OCH3 is 1. The molecule has 0 aromatic heterocycles.